The summed E-state index contributed by atoms with van der Waals surface area (Å²) < 4.78 is 11.0. The summed E-state index contributed by atoms with van der Waals surface area (Å²) in [4.78, 5) is 11.5. The lowest BCUT2D eigenvalue weighted by molar-refractivity contribution is -0.148. The van der Waals surface area contributed by atoms with E-state index in [0.29, 0.717) is 6.61 Å². The number of esters is 1. The summed E-state index contributed by atoms with van der Waals surface area (Å²) in [6.07, 6.45) is 6.86. The van der Waals surface area contributed by atoms with Crippen LogP contribution >= 0.6 is 10.3 Å². The molecule has 0 aromatic rings. The minimum absolute atomic E-state index is 0.0503. The van der Waals surface area contributed by atoms with Crippen LogP contribution in [0.5, 0.6) is 0 Å². The molecule has 0 N–H and O–H groups in total. The van der Waals surface area contributed by atoms with Crippen molar-refractivity contribution in [1.82, 2.24) is 0 Å². The molecule has 1 atom stereocenters. The third kappa shape index (κ3) is 2.94. The fraction of sp³-hybridized carbons (Fsp3) is 0.750. The van der Waals surface area contributed by atoms with Crippen LogP contribution < -0.4 is 0 Å². The molecule has 0 saturated carbocycles. The van der Waals surface area contributed by atoms with Crippen molar-refractivity contribution in [3.8, 4) is 0 Å². The summed E-state index contributed by atoms with van der Waals surface area (Å²) >= 11 is 0. The first-order valence-corrected chi connectivity index (χ1v) is 8.22. The maximum absolute atomic E-state index is 11.5. The monoisotopic (exact) mass is 244 g/mol. The predicted molar refractivity (Wildman–Crippen MR) is 66.4 cm³/mol. The van der Waals surface area contributed by atoms with Crippen LogP contribution in [0.15, 0.2) is 11.8 Å². The molecule has 0 radical (unpaired) electrons. The van der Waals surface area contributed by atoms with Gasteiger partial charge in [-0.2, -0.15) is 0 Å². The van der Waals surface area contributed by atoms with Gasteiger partial charge in [0.1, 0.15) is 5.76 Å². The summed E-state index contributed by atoms with van der Waals surface area (Å²) in [6.45, 7) is 2.33. The van der Waals surface area contributed by atoms with Crippen molar-refractivity contribution >= 4 is 16.3 Å². The highest BCUT2D eigenvalue weighted by Crippen LogP contribution is 2.60. The molecule has 1 fully saturated rings. The Bertz CT molecular complexity index is 307. The maximum Gasteiger partial charge on any atom is 0.309 e. The minimum Gasteiger partial charge on any atom is -0.466 e. The molecule has 2 aliphatic rings. The van der Waals surface area contributed by atoms with Crippen molar-refractivity contribution < 1.29 is 13.7 Å². The zero-order valence-electron chi connectivity index (χ0n) is 10.0. The van der Waals surface area contributed by atoms with E-state index >= 15 is 0 Å². The van der Waals surface area contributed by atoms with Crippen molar-refractivity contribution in [3.63, 3.8) is 0 Å². The van der Waals surface area contributed by atoms with E-state index in [9.17, 15) is 4.79 Å². The lowest BCUT2D eigenvalue weighted by Crippen LogP contribution is -2.20. The van der Waals surface area contributed by atoms with Gasteiger partial charge in [0, 0.05) is 17.9 Å². The molecule has 0 spiro atoms. The van der Waals surface area contributed by atoms with Gasteiger partial charge in [0.15, 0.2) is 0 Å². The molecule has 1 unspecified atom stereocenters. The van der Waals surface area contributed by atoms with Crippen molar-refractivity contribution in [2.75, 3.05) is 24.4 Å². The Morgan fingerprint density at radius 2 is 2.31 bits per heavy atom. The van der Waals surface area contributed by atoms with Crippen LogP contribution in [0.4, 0.5) is 0 Å². The molecule has 0 amide bonds. The quantitative estimate of drug-likeness (QED) is 0.563. The van der Waals surface area contributed by atoms with E-state index in [1.165, 1.54) is 11.5 Å². The zero-order chi connectivity index (χ0) is 11.6. The molecule has 16 heavy (non-hydrogen) atoms. The number of hydrogen-bond donors (Lipinski definition) is 0. The SMILES string of the molecule is CCOC(=O)C1CC=C(OS2(C)CC2)CC1. The second-order valence-electron chi connectivity index (χ2n) is 4.57. The fourth-order valence-corrected chi connectivity index (χ4v) is 3.59. The molecule has 1 aliphatic carbocycles. The van der Waals surface area contributed by atoms with E-state index in [4.69, 9.17) is 8.92 Å². The van der Waals surface area contributed by atoms with Crippen molar-refractivity contribution in [2.45, 2.75) is 26.2 Å². The van der Waals surface area contributed by atoms with Gasteiger partial charge in [-0.05, 0) is 32.1 Å². The highest BCUT2D eigenvalue weighted by atomic mass is 32.3. The third-order valence-electron chi connectivity index (χ3n) is 3.08. The van der Waals surface area contributed by atoms with Gasteiger partial charge in [0.25, 0.3) is 0 Å². The van der Waals surface area contributed by atoms with Gasteiger partial charge < -0.3 is 8.92 Å². The smallest absolute Gasteiger partial charge is 0.309 e. The van der Waals surface area contributed by atoms with Gasteiger partial charge in [-0.1, -0.05) is 10.3 Å². The number of rotatable bonds is 4. The summed E-state index contributed by atoms with van der Waals surface area (Å²) in [7, 11) is -0.706. The van der Waals surface area contributed by atoms with E-state index in [0.717, 1.165) is 25.0 Å². The Morgan fingerprint density at radius 3 is 2.81 bits per heavy atom. The number of carbonyl (C=O) groups is 1. The Kier molecular flexibility index (Phi) is 3.47. The lowest BCUT2D eigenvalue weighted by Gasteiger charge is -2.24. The molecule has 1 heterocycles. The maximum atomic E-state index is 11.5. The van der Waals surface area contributed by atoms with Crippen LogP contribution in [0, 0.1) is 5.92 Å². The first-order valence-electron chi connectivity index (χ1n) is 5.92. The summed E-state index contributed by atoms with van der Waals surface area (Å²) in [5.74, 6) is 3.59. The van der Waals surface area contributed by atoms with E-state index < -0.39 is 10.3 Å². The molecule has 0 bridgehead atoms. The second kappa shape index (κ2) is 4.70. The molecule has 1 saturated heterocycles. The summed E-state index contributed by atoms with van der Waals surface area (Å²) in [5, 5.41) is 0. The van der Waals surface area contributed by atoms with E-state index in [2.05, 4.69) is 12.3 Å². The Morgan fingerprint density at radius 1 is 1.56 bits per heavy atom. The van der Waals surface area contributed by atoms with Gasteiger partial charge in [0.2, 0.25) is 0 Å². The van der Waals surface area contributed by atoms with Gasteiger partial charge in [-0.15, -0.1) is 0 Å². The highest BCUT2D eigenvalue weighted by molar-refractivity contribution is 8.35. The first kappa shape index (κ1) is 11.8. The summed E-state index contributed by atoms with van der Waals surface area (Å²) in [6, 6.07) is 0. The number of allylic oxidation sites excluding steroid dienone is 2. The number of carbonyl (C=O) groups excluding carboxylic acids is 1. The number of ether oxygens (including phenoxy) is 1. The van der Waals surface area contributed by atoms with Crippen LogP contribution in [0.1, 0.15) is 26.2 Å². The predicted octanol–water partition coefficient (Wildman–Crippen LogP) is 2.61. The second-order valence-corrected chi connectivity index (χ2v) is 7.92. The Balaban J connectivity index is 1.82. The lowest BCUT2D eigenvalue weighted by atomic mass is 9.93. The largest absolute Gasteiger partial charge is 0.466 e. The molecule has 3 nitrogen and oxygen atoms in total. The zero-order valence-corrected chi connectivity index (χ0v) is 10.8. The standard InChI is InChI=1S/C12H20O3S/c1-3-14-12(13)10-4-6-11(7-5-10)15-16(2)8-9-16/h6,10H,3-5,7-9H2,1-2H3. The molecule has 92 valence electrons. The Hall–Kier alpha value is -0.640. The molecule has 2 rings (SSSR count). The van der Waals surface area contributed by atoms with Crippen LogP contribution in [-0.4, -0.2) is 30.3 Å². The Labute approximate surface area is 98.7 Å². The van der Waals surface area contributed by atoms with Gasteiger partial charge in [-0.25, -0.2) is 0 Å². The third-order valence-corrected chi connectivity index (χ3v) is 5.25. The average molecular weight is 244 g/mol. The van der Waals surface area contributed by atoms with E-state index in [-0.39, 0.29) is 11.9 Å². The molecular formula is C12H20O3S. The van der Waals surface area contributed by atoms with Gasteiger partial charge in [-0.3, -0.25) is 4.79 Å². The van der Waals surface area contributed by atoms with Crippen molar-refractivity contribution in [3.05, 3.63) is 11.8 Å². The molecule has 0 aromatic heterocycles. The van der Waals surface area contributed by atoms with Crippen molar-refractivity contribution in [1.29, 1.82) is 0 Å². The first-order chi connectivity index (χ1) is 7.63. The van der Waals surface area contributed by atoms with Crippen molar-refractivity contribution in [2.24, 2.45) is 5.92 Å². The van der Waals surface area contributed by atoms with Crippen LogP contribution in [0.2, 0.25) is 0 Å². The molecule has 4 heteroatoms. The minimum atomic E-state index is -0.706. The molecule has 1 aliphatic heterocycles. The average Bonchev–Trinajstić information content (AvgIpc) is 2.97. The summed E-state index contributed by atoms with van der Waals surface area (Å²) in [5.41, 5.74) is 0. The number of hydrogen-bond acceptors (Lipinski definition) is 3. The molecular weight excluding hydrogens is 224 g/mol. The highest BCUT2D eigenvalue weighted by Gasteiger charge is 2.35. The van der Waals surface area contributed by atoms with Crippen LogP contribution in [-0.2, 0) is 13.7 Å². The van der Waals surface area contributed by atoms with Crippen LogP contribution in [0.3, 0.4) is 0 Å². The topological polar surface area (TPSA) is 35.5 Å². The van der Waals surface area contributed by atoms with E-state index in [1.54, 1.807) is 0 Å². The van der Waals surface area contributed by atoms with Crippen LogP contribution in [0.25, 0.3) is 0 Å². The van der Waals surface area contributed by atoms with Gasteiger partial charge >= 0.3 is 5.97 Å². The normalized spacial score (nSPS) is 28.9. The molecule has 0 aromatic carbocycles. The van der Waals surface area contributed by atoms with E-state index in [1.807, 2.05) is 6.92 Å². The fourth-order valence-electron chi connectivity index (χ4n) is 1.82. The van der Waals surface area contributed by atoms with Gasteiger partial charge in [0.05, 0.1) is 12.5 Å².